The Labute approximate surface area is 123 Å². The smallest absolute Gasteiger partial charge is 0.258 e. The number of fused-ring (bicyclic) bond motifs is 2. The molecule has 1 N–H and O–H groups in total. The molecule has 3 atom stereocenters. The van der Waals surface area contributed by atoms with Crippen molar-refractivity contribution >= 4 is 15.7 Å². The van der Waals surface area contributed by atoms with Crippen molar-refractivity contribution in [2.45, 2.75) is 30.6 Å². The third-order valence-electron chi connectivity index (χ3n) is 4.76. The van der Waals surface area contributed by atoms with Crippen LogP contribution in [0.3, 0.4) is 0 Å². The molecule has 0 heterocycles. The first-order chi connectivity index (χ1) is 9.95. The van der Waals surface area contributed by atoms with Gasteiger partial charge in [0.05, 0.1) is 9.82 Å². The fourth-order valence-electron chi connectivity index (χ4n) is 3.69. The predicted octanol–water partition coefficient (Wildman–Crippen LogP) is 2.31. The van der Waals surface area contributed by atoms with Gasteiger partial charge in [-0.3, -0.25) is 10.1 Å². The summed E-state index contributed by atoms with van der Waals surface area (Å²) in [4.78, 5) is 10.1. The minimum absolute atomic E-state index is 0.0418. The number of non-ortho nitro benzene ring substituents is 1. The van der Waals surface area contributed by atoms with E-state index in [0.29, 0.717) is 18.4 Å². The number of nitro groups is 1. The third-order valence-corrected chi connectivity index (χ3v) is 6.18. The van der Waals surface area contributed by atoms with E-state index in [4.69, 9.17) is 0 Å². The number of hydrogen-bond acceptors (Lipinski definition) is 4. The lowest BCUT2D eigenvalue weighted by atomic mass is 9.89. The maximum atomic E-state index is 12.2. The molecule has 0 radical (unpaired) electrons. The Kier molecular flexibility index (Phi) is 3.71. The van der Waals surface area contributed by atoms with Crippen molar-refractivity contribution < 1.29 is 13.3 Å². The van der Waals surface area contributed by atoms with Gasteiger partial charge in [-0.15, -0.1) is 0 Å². The Hall–Kier alpha value is -1.47. The molecule has 2 aliphatic rings. The molecule has 0 spiro atoms. The second kappa shape index (κ2) is 5.38. The summed E-state index contributed by atoms with van der Waals surface area (Å²) in [5.41, 5.74) is -0.210. The highest BCUT2D eigenvalue weighted by atomic mass is 32.2. The van der Waals surface area contributed by atoms with Gasteiger partial charge in [0.2, 0.25) is 10.0 Å². The van der Waals surface area contributed by atoms with Crippen LogP contribution >= 0.6 is 0 Å². The Morgan fingerprint density at radius 3 is 2.71 bits per heavy atom. The van der Waals surface area contributed by atoms with E-state index in [1.807, 2.05) is 0 Å². The highest BCUT2D eigenvalue weighted by molar-refractivity contribution is 7.89. The van der Waals surface area contributed by atoms with Crippen LogP contribution in [0.25, 0.3) is 0 Å². The summed E-state index contributed by atoms with van der Waals surface area (Å²) in [6, 6.07) is 5.17. The number of nitrogens with one attached hydrogen (secondary N) is 1. The fourth-order valence-corrected chi connectivity index (χ4v) is 4.82. The van der Waals surface area contributed by atoms with E-state index in [-0.39, 0.29) is 10.6 Å². The van der Waals surface area contributed by atoms with Crippen LogP contribution in [0.2, 0.25) is 0 Å². The molecular formula is C14H18N2O4S. The summed E-state index contributed by atoms with van der Waals surface area (Å²) in [5, 5.41) is 10.7. The molecule has 0 aliphatic heterocycles. The lowest BCUT2D eigenvalue weighted by Crippen LogP contribution is -2.31. The quantitative estimate of drug-likeness (QED) is 0.667. The maximum Gasteiger partial charge on any atom is 0.270 e. The van der Waals surface area contributed by atoms with E-state index in [1.54, 1.807) is 0 Å². The Bertz CT molecular complexity index is 659. The van der Waals surface area contributed by atoms with Crippen molar-refractivity contribution in [3.05, 3.63) is 34.4 Å². The van der Waals surface area contributed by atoms with Crippen LogP contribution in [-0.2, 0) is 10.0 Å². The molecule has 2 aliphatic carbocycles. The molecule has 6 nitrogen and oxygen atoms in total. The molecule has 0 unspecified atom stereocenters. The summed E-state index contributed by atoms with van der Waals surface area (Å²) in [7, 11) is -3.68. The average molecular weight is 310 g/mol. The highest BCUT2D eigenvalue weighted by Gasteiger charge is 2.39. The minimum Gasteiger partial charge on any atom is -0.258 e. The van der Waals surface area contributed by atoms with Gasteiger partial charge < -0.3 is 0 Å². The van der Waals surface area contributed by atoms with Crippen LogP contribution in [0, 0.1) is 27.9 Å². The fraction of sp³-hybridized carbons (Fsp3) is 0.571. The second-order valence-electron chi connectivity index (χ2n) is 6.04. The minimum atomic E-state index is -3.68. The molecular weight excluding hydrogens is 292 g/mol. The molecule has 0 saturated heterocycles. The zero-order chi connectivity index (χ0) is 15.0. The van der Waals surface area contributed by atoms with Crippen LogP contribution in [0.15, 0.2) is 29.2 Å². The van der Waals surface area contributed by atoms with E-state index in [1.165, 1.54) is 37.5 Å². The number of sulfonamides is 1. The van der Waals surface area contributed by atoms with Gasteiger partial charge >= 0.3 is 0 Å². The SMILES string of the molecule is O=[N+]([O-])c1cccc(S(=O)(=O)NC[C@H]2C[C@H]3CC[C@H]2C3)c1. The molecule has 114 valence electrons. The van der Waals surface area contributed by atoms with Crippen molar-refractivity contribution in [2.75, 3.05) is 6.54 Å². The zero-order valence-electron chi connectivity index (χ0n) is 11.6. The molecule has 2 saturated carbocycles. The van der Waals surface area contributed by atoms with E-state index in [2.05, 4.69) is 4.72 Å². The standard InChI is InChI=1S/C14H18N2O4S/c17-16(18)13-2-1-3-14(8-13)21(19,20)15-9-12-7-10-4-5-11(12)6-10/h1-3,8,10-12,15H,4-7,9H2/t10-,11-,12+/m0/s1. The number of nitro benzene ring substituents is 1. The molecule has 2 bridgehead atoms. The first kappa shape index (κ1) is 14.5. The van der Waals surface area contributed by atoms with Gasteiger partial charge in [0.15, 0.2) is 0 Å². The summed E-state index contributed by atoms with van der Waals surface area (Å²) in [5.74, 6) is 1.82. The van der Waals surface area contributed by atoms with Gasteiger partial charge in [-0.05, 0) is 43.1 Å². The lowest BCUT2D eigenvalue weighted by Gasteiger charge is -2.21. The Morgan fingerprint density at radius 2 is 2.10 bits per heavy atom. The van der Waals surface area contributed by atoms with Crippen LogP contribution < -0.4 is 4.72 Å². The van der Waals surface area contributed by atoms with Crippen LogP contribution in [0.4, 0.5) is 5.69 Å². The van der Waals surface area contributed by atoms with E-state index >= 15 is 0 Å². The monoisotopic (exact) mass is 310 g/mol. The Morgan fingerprint density at radius 1 is 1.29 bits per heavy atom. The highest BCUT2D eigenvalue weighted by Crippen LogP contribution is 2.48. The number of rotatable bonds is 5. The molecule has 2 fully saturated rings. The van der Waals surface area contributed by atoms with Crippen molar-refractivity contribution in [1.29, 1.82) is 0 Å². The number of benzene rings is 1. The van der Waals surface area contributed by atoms with Gasteiger partial charge in [0.1, 0.15) is 0 Å². The van der Waals surface area contributed by atoms with Crippen molar-refractivity contribution in [1.82, 2.24) is 4.72 Å². The third kappa shape index (κ3) is 2.94. The summed E-state index contributed by atoms with van der Waals surface area (Å²) >= 11 is 0. The molecule has 7 heteroatoms. The maximum absolute atomic E-state index is 12.2. The molecule has 21 heavy (non-hydrogen) atoms. The van der Waals surface area contributed by atoms with E-state index < -0.39 is 14.9 Å². The first-order valence-electron chi connectivity index (χ1n) is 7.20. The average Bonchev–Trinajstić information content (AvgIpc) is 3.08. The van der Waals surface area contributed by atoms with Gasteiger partial charge in [-0.1, -0.05) is 12.5 Å². The van der Waals surface area contributed by atoms with Gasteiger partial charge in [-0.2, -0.15) is 0 Å². The summed E-state index contributed by atoms with van der Waals surface area (Å²) in [6.07, 6.45) is 4.80. The topological polar surface area (TPSA) is 89.3 Å². The van der Waals surface area contributed by atoms with Gasteiger partial charge in [0, 0.05) is 18.7 Å². The van der Waals surface area contributed by atoms with E-state index in [9.17, 15) is 18.5 Å². The molecule has 1 aromatic rings. The summed E-state index contributed by atoms with van der Waals surface area (Å²) < 4.78 is 27.1. The molecule has 0 amide bonds. The zero-order valence-corrected chi connectivity index (χ0v) is 12.4. The molecule has 0 aromatic heterocycles. The van der Waals surface area contributed by atoms with Gasteiger partial charge in [0.25, 0.3) is 5.69 Å². The van der Waals surface area contributed by atoms with Crippen molar-refractivity contribution in [2.24, 2.45) is 17.8 Å². The van der Waals surface area contributed by atoms with Crippen LogP contribution in [0.5, 0.6) is 0 Å². The second-order valence-corrected chi connectivity index (χ2v) is 7.81. The first-order valence-corrected chi connectivity index (χ1v) is 8.68. The summed E-state index contributed by atoms with van der Waals surface area (Å²) in [6.45, 7) is 0.437. The number of nitrogens with zero attached hydrogens (tertiary/aromatic N) is 1. The van der Waals surface area contributed by atoms with Crippen molar-refractivity contribution in [3.8, 4) is 0 Å². The van der Waals surface area contributed by atoms with Crippen molar-refractivity contribution in [3.63, 3.8) is 0 Å². The van der Waals surface area contributed by atoms with E-state index in [0.717, 1.165) is 18.4 Å². The largest absolute Gasteiger partial charge is 0.270 e. The lowest BCUT2D eigenvalue weighted by molar-refractivity contribution is -0.385. The van der Waals surface area contributed by atoms with Gasteiger partial charge in [-0.25, -0.2) is 13.1 Å². The predicted molar refractivity (Wildman–Crippen MR) is 77.2 cm³/mol. The Balaban J connectivity index is 1.69. The number of hydrogen-bond donors (Lipinski definition) is 1. The molecule has 1 aromatic carbocycles. The molecule has 3 rings (SSSR count). The van der Waals surface area contributed by atoms with Crippen LogP contribution in [-0.4, -0.2) is 19.9 Å². The normalized spacial score (nSPS) is 27.9. The van der Waals surface area contributed by atoms with Crippen LogP contribution in [0.1, 0.15) is 25.7 Å².